The zero-order chi connectivity index (χ0) is 16.5. The Bertz CT molecular complexity index is 547. The number of aromatic nitrogens is 1. The van der Waals surface area contributed by atoms with Crippen LogP contribution in [0, 0.1) is 5.92 Å². The first-order valence-corrected chi connectivity index (χ1v) is 7.47. The number of carbonyl (C=O) groups is 1. The summed E-state index contributed by atoms with van der Waals surface area (Å²) in [6.45, 7) is 6.68. The second-order valence-corrected chi connectivity index (χ2v) is 6.80. The van der Waals surface area contributed by atoms with Gasteiger partial charge < -0.3 is 25.1 Å². The lowest BCUT2D eigenvalue weighted by molar-refractivity contribution is 0.0165. The van der Waals surface area contributed by atoms with Crippen LogP contribution < -0.4 is 0 Å². The second-order valence-electron chi connectivity index (χ2n) is 6.80. The first-order valence-electron chi connectivity index (χ1n) is 7.47. The minimum atomic E-state index is -0.526. The van der Waals surface area contributed by atoms with Crippen LogP contribution in [0.25, 0.3) is 0 Å². The molecule has 2 heterocycles. The van der Waals surface area contributed by atoms with Gasteiger partial charge in [-0.05, 0) is 46.0 Å². The summed E-state index contributed by atoms with van der Waals surface area (Å²) in [7, 11) is 0. The summed E-state index contributed by atoms with van der Waals surface area (Å²) < 4.78 is 5.73. The lowest BCUT2D eigenvalue weighted by atomic mass is 9.92. The molecule has 2 rings (SSSR count). The highest BCUT2D eigenvalue weighted by Crippen LogP contribution is 2.30. The number of piperidine rings is 1. The number of hydrogen-bond acceptors (Lipinski definition) is 5. The highest BCUT2D eigenvalue weighted by Gasteiger charge is 2.28. The van der Waals surface area contributed by atoms with E-state index < -0.39 is 11.5 Å². The van der Waals surface area contributed by atoms with Crippen molar-refractivity contribution in [3.05, 3.63) is 11.6 Å². The molecule has 1 saturated heterocycles. The molecule has 1 atom stereocenters. The predicted molar refractivity (Wildman–Crippen MR) is 79.2 cm³/mol. The Hall–Kier alpha value is -2.05. The van der Waals surface area contributed by atoms with Crippen molar-refractivity contribution in [2.75, 3.05) is 13.1 Å². The highest BCUT2D eigenvalue weighted by molar-refractivity contribution is 5.68. The van der Waals surface area contributed by atoms with E-state index in [0.717, 1.165) is 12.8 Å². The lowest BCUT2D eigenvalue weighted by Gasteiger charge is -2.34. The third-order valence-electron chi connectivity index (χ3n) is 3.69. The van der Waals surface area contributed by atoms with Crippen molar-refractivity contribution in [1.29, 1.82) is 0 Å². The van der Waals surface area contributed by atoms with E-state index >= 15 is 0 Å². The molecule has 1 aliphatic rings. The minimum absolute atomic E-state index is 0.147. The molecule has 1 fully saturated rings. The van der Waals surface area contributed by atoms with Gasteiger partial charge in [0, 0.05) is 24.7 Å². The molecule has 7 heteroatoms. The van der Waals surface area contributed by atoms with E-state index in [1.54, 1.807) is 4.90 Å². The maximum absolute atomic E-state index is 12.1. The maximum atomic E-state index is 12.1. The Morgan fingerprint density at radius 2 is 2.09 bits per heavy atom. The third-order valence-corrected chi connectivity index (χ3v) is 3.69. The molecular formula is C15H24N2O5. The van der Waals surface area contributed by atoms with E-state index in [4.69, 9.17) is 4.74 Å². The van der Waals surface area contributed by atoms with Crippen molar-refractivity contribution >= 4 is 6.09 Å². The molecule has 124 valence electrons. The van der Waals surface area contributed by atoms with Gasteiger partial charge >= 0.3 is 6.09 Å². The molecule has 7 nitrogen and oxygen atoms in total. The Morgan fingerprint density at radius 3 is 2.64 bits per heavy atom. The fraction of sp³-hybridized carbons (Fsp3) is 0.667. The molecule has 0 aromatic carbocycles. The zero-order valence-electron chi connectivity index (χ0n) is 13.2. The molecule has 1 unspecified atom stereocenters. The van der Waals surface area contributed by atoms with Crippen molar-refractivity contribution in [3.63, 3.8) is 0 Å². The van der Waals surface area contributed by atoms with Gasteiger partial charge in [-0.2, -0.15) is 0 Å². The van der Waals surface area contributed by atoms with Crippen molar-refractivity contribution in [3.8, 4) is 11.8 Å². The van der Waals surface area contributed by atoms with Gasteiger partial charge in [0.15, 0.2) is 0 Å². The van der Waals surface area contributed by atoms with Crippen molar-refractivity contribution in [2.45, 2.75) is 45.6 Å². The van der Waals surface area contributed by atoms with Crippen molar-refractivity contribution in [1.82, 2.24) is 9.63 Å². The van der Waals surface area contributed by atoms with Crippen LogP contribution in [0.3, 0.4) is 0 Å². The molecule has 22 heavy (non-hydrogen) atoms. The van der Waals surface area contributed by atoms with E-state index in [1.807, 2.05) is 20.8 Å². The Balaban J connectivity index is 1.98. The Labute approximate surface area is 129 Å². The molecule has 3 N–H and O–H groups in total. The SMILES string of the molecule is CC(C)(C)OC(=O)N1CCCC(Cc2cc(O)n(O)c2O)C1. The smallest absolute Gasteiger partial charge is 0.410 e. The molecule has 0 bridgehead atoms. The van der Waals surface area contributed by atoms with Gasteiger partial charge in [0.1, 0.15) is 5.60 Å². The summed E-state index contributed by atoms with van der Waals surface area (Å²) in [4.78, 5) is 13.8. The quantitative estimate of drug-likeness (QED) is 0.728. The summed E-state index contributed by atoms with van der Waals surface area (Å²) in [5, 5.41) is 28.5. The number of rotatable bonds is 2. The molecule has 1 aliphatic heterocycles. The van der Waals surface area contributed by atoms with Crippen LogP contribution in [0.4, 0.5) is 4.79 Å². The average Bonchev–Trinajstić information content (AvgIpc) is 2.65. The lowest BCUT2D eigenvalue weighted by Crippen LogP contribution is -2.43. The van der Waals surface area contributed by atoms with Gasteiger partial charge in [0.05, 0.1) is 0 Å². The second kappa shape index (κ2) is 5.98. The molecule has 1 amide bonds. The van der Waals surface area contributed by atoms with E-state index in [2.05, 4.69) is 0 Å². The Kier molecular flexibility index (Phi) is 4.44. The van der Waals surface area contributed by atoms with Gasteiger partial charge in [-0.3, -0.25) is 0 Å². The summed E-state index contributed by atoms with van der Waals surface area (Å²) in [6.07, 6.45) is 1.92. The largest absolute Gasteiger partial charge is 0.492 e. The van der Waals surface area contributed by atoms with Crippen molar-refractivity contribution in [2.24, 2.45) is 5.92 Å². The fourth-order valence-electron chi connectivity index (χ4n) is 2.71. The van der Waals surface area contributed by atoms with Crippen LogP contribution in [0.15, 0.2) is 6.07 Å². The number of amides is 1. The van der Waals surface area contributed by atoms with E-state index in [9.17, 15) is 20.2 Å². The molecule has 1 aromatic heterocycles. The van der Waals surface area contributed by atoms with Gasteiger partial charge in [0.2, 0.25) is 11.8 Å². The van der Waals surface area contributed by atoms with Crippen LogP contribution in [-0.2, 0) is 11.2 Å². The monoisotopic (exact) mass is 312 g/mol. The van der Waals surface area contributed by atoms with Crippen LogP contribution in [0.5, 0.6) is 11.8 Å². The summed E-state index contributed by atoms with van der Waals surface area (Å²) >= 11 is 0. The van der Waals surface area contributed by atoms with Gasteiger partial charge in [-0.1, -0.05) is 0 Å². The molecule has 0 radical (unpaired) electrons. The molecule has 1 aromatic rings. The topological polar surface area (TPSA) is 95.2 Å². The molecule has 0 aliphatic carbocycles. The van der Waals surface area contributed by atoms with Crippen LogP contribution >= 0.6 is 0 Å². The van der Waals surface area contributed by atoms with Crippen LogP contribution in [-0.4, -0.2) is 49.8 Å². The number of carbonyl (C=O) groups excluding carboxylic acids is 1. The summed E-state index contributed by atoms with van der Waals surface area (Å²) in [6, 6.07) is 1.34. The number of nitrogens with zero attached hydrogens (tertiary/aromatic N) is 2. The van der Waals surface area contributed by atoms with E-state index in [0.29, 0.717) is 29.8 Å². The van der Waals surface area contributed by atoms with E-state index in [-0.39, 0.29) is 17.9 Å². The predicted octanol–water partition coefficient (Wildman–Crippen LogP) is 2.33. The zero-order valence-corrected chi connectivity index (χ0v) is 13.2. The van der Waals surface area contributed by atoms with Gasteiger partial charge in [0.25, 0.3) is 0 Å². The summed E-state index contributed by atoms with van der Waals surface area (Å²) in [5.74, 6) is -0.604. The van der Waals surface area contributed by atoms with E-state index in [1.165, 1.54) is 6.07 Å². The molecule has 0 spiro atoms. The summed E-state index contributed by atoms with van der Waals surface area (Å²) in [5.41, 5.74) is -0.0570. The number of hydrogen-bond donors (Lipinski definition) is 3. The van der Waals surface area contributed by atoms with Gasteiger partial charge in [-0.25, -0.2) is 4.79 Å². The molecule has 0 saturated carbocycles. The third kappa shape index (κ3) is 3.78. The normalized spacial score (nSPS) is 19.2. The number of aromatic hydroxyl groups is 2. The molecular weight excluding hydrogens is 288 g/mol. The average molecular weight is 312 g/mol. The Morgan fingerprint density at radius 1 is 1.41 bits per heavy atom. The van der Waals surface area contributed by atoms with Crippen molar-refractivity contribution < 1.29 is 25.0 Å². The highest BCUT2D eigenvalue weighted by atomic mass is 16.6. The number of likely N-dealkylation sites (tertiary alicyclic amines) is 1. The minimum Gasteiger partial charge on any atom is -0.492 e. The van der Waals surface area contributed by atoms with Crippen LogP contribution in [0.1, 0.15) is 39.2 Å². The van der Waals surface area contributed by atoms with Gasteiger partial charge in [-0.15, -0.1) is 4.73 Å². The first kappa shape index (κ1) is 16.3. The first-order chi connectivity index (χ1) is 10.2. The maximum Gasteiger partial charge on any atom is 0.410 e. The fourth-order valence-corrected chi connectivity index (χ4v) is 2.71. The number of ether oxygens (including phenoxy) is 1. The van der Waals surface area contributed by atoms with Crippen LogP contribution in [0.2, 0.25) is 0 Å². The standard InChI is InChI=1S/C15H24N2O5/c1-15(2,3)22-14(20)16-6-4-5-10(9-16)7-11-8-12(18)17(21)13(11)19/h8,10,18-19,21H,4-7,9H2,1-3H3.